The van der Waals surface area contributed by atoms with Crippen molar-refractivity contribution >= 4 is 60.8 Å². The van der Waals surface area contributed by atoms with Crippen LogP contribution in [0.5, 0.6) is 0 Å². The van der Waals surface area contributed by atoms with Crippen molar-refractivity contribution in [2.45, 2.75) is 0 Å². The van der Waals surface area contributed by atoms with Gasteiger partial charge in [-0.25, -0.2) is 0 Å². The zero-order chi connectivity index (χ0) is 45.7. The lowest BCUT2D eigenvalue weighted by atomic mass is 9.92. The molecule has 11 aromatic carbocycles. The van der Waals surface area contributed by atoms with Crippen LogP contribution in [0.1, 0.15) is 0 Å². The Morgan fingerprint density at radius 2 is 0.797 bits per heavy atom. The first kappa shape index (κ1) is 40.1. The monoisotopic (exact) mass is 880 g/mol. The van der Waals surface area contributed by atoms with Gasteiger partial charge in [-0.3, -0.25) is 0 Å². The summed E-state index contributed by atoms with van der Waals surface area (Å²) in [5, 5.41) is 4.73. The Kier molecular flexibility index (Phi) is 9.84. The molecule has 0 saturated heterocycles. The molecule has 0 amide bonds. The molecule has 0 saturated carbocycles. The molecule has 0 spiro atoms. The van der Waals surface area contributed by atoms with Crippen LogP contribution in [0.4, 0.5) is 17.1 Å². The number of benzene rings is 11. The van der Waals surface area contributed by atoms with E-state index < -0.39 is 0 Å². The Labute approximate surface area is 401 Å². The van der Waals surface area contributed by atoms with Crippen molar-refractivity contribution < 1.29 is 4.42 Å². The number of para-hydroxylation sites is 6. The fourth-order valence-corrected chi connectivity index (χ4v) is 10.5. The van der Waals surface area contributed by atoms with E-state index in [0.717, 1.165) is 89.2 Å². The standard InChI is InChI=1S/C66H44N2O/c1-2-19-45(20-3-1)47-21-16-22-48(43-47)49-23-17-24-51(44-49)67(50-41-39-46(40-42-50)52-32-18-33-60-59-31-10-15-38-65(59)69-66(52)60)61-34-11-6-27-55(61)53-25-4-5-26-54(53)56-28-7-12-35-62(56)68-63-36-13-8-29-57(63)58-30-9-14-37-64(58)68/h1-44H. The number of hydrogen-bond donors (Lipinski definition) is 0. The molecular formula is C66H44N2O. The van der Waals surface area contributed by atoms with E-state index in [9.17, 15) is 0 Å². The molecule has 0 aliphatic carbocycles. The highest BCUT2D eigenvalue weighted by Gasteiger charge is 2.22. The molecule has 0 atom stereocenters. The van der Waals surface area contributed by atoms with Crippen molar-refractivity contribution in [1.82, 2.24) is 4.57 Å². The Morgan fingerprint density at radius 1 is 0.290 bits per heavy atom. The molecule has 0 aliphatic rings. The fourth-order valence-electron chi connectivity index (χ4n) is 10.5. The van der Waals surface area contributed by atoms with Crippen molar-refractivity contribution in [1.29, 1.82) is 0 Å². The first-order valence-electron chi connectivity index (χ1n) is 23.6. The molecule has 0 aliphatic heterocycles. The van der Waals surface area contributed by atoms with Crippen LogP contribution >= 0.6 is 0 Å². The lowest BCUT2D eigenvalue weighted by Crippen LogP contribution is -2.11. The van der Waals surface area contributed by atoms with Crippen LogP contribution < -0.4 is 4.90 Å². The lowest BCUT2D eigenvalue weighted by Gasteiger charge is -2.29. The molecule has 3 heteroatoms. The summed E-state index contributed by atoms with van der Waals surface area (Å²) < 4.78 is 8.95. The second-order valence-corrected chi connectivity index (χ2v) is 17.6. The van der Waals surface area contributed by atoms with Gasteiger partial charge in [-0.1, -0.05) is 206 Å². The summed E-state index contributed by atoms with van der Waals surface area (Å²) in [4.78, 5) is 2.42. The van der Waals surface area contributed by atoms with E-state index in [4.69, 9.17) is 4.42 Å². The number of hydrogen-bond acceptors (Lipinski definition) is 2. The van der Waals surface area contributed by atoms with Crippen molar-refractivity contribution in [2.75, 3.05) is 4.90 Å². The maximum Gasteiger partial charge on any atom is 0.143 e. The zero-order valence-corrected chi connectivity index (χ0v) is 37.7. The third-order valence-corrected chi connectivity index (χ3v) is 13.6. The molecule has 0 N–H and O–H groups in total. The van der Waals surface area contributed by atoms with Gasteiger partial charge in [0.15, 0.2) is 0 Å². The molecular weight excluding hydrogens is 837 g/mol. The molecule has 69 heavy (non-hydrogen) atoms. The molecule has 0 bridgehead atoms. The Morgan fingerprint density at radius 3 is 1.55 bits per heavy atom. The predicted molar refractivity (Wildman–Crippen MR) is 290 cm³/mol. The van der Waals surface area contributed by atoms with Gasteiger partial charge in [-0.2, -0.15) is 0 Å². The Bertz CT molecular complexity index is 3970. The normalized spacial score (nSPS) is 11.5. The van der Waals surface area contributed by atoms with Crippen molar-refractivity contribution in [3.8, 4) is 61.3 Å². The van der Waals surface area contributed by atoms with Crippen LogP contribution in [0.15, 0.2) is 271 Å². The fraction of sp³-hybridized carbons (Fsp3) is 0. The van der Waals surface area contributed by atoms with Gasteiger partial charge in [0.1, 0.15) is 11.2 Å². The summed E-state index contributed by atoms with van der Waals surface area (Å²) in [6, 6.07) is 96.2. The average Bonchev–Trinajstić information content (AvgIpc) is 3.98. The lowest BCUT2D eigenvalue weighted by molar-refractivity contribution is 0.670. The minimum absolute atomic E-state index is 0.895. The third-order valence-electron chi connectivity index (χ3n) is 13.6. The van der Waals surface area contributed by atoms with Crippen molar-refractivity contribution in [2.24, 2.45) is 0 Å². The van der Waals surface area contributed by atoms with Crippen LogP contribution in [-0.2, 0) is 0 Å². The van der Waals surface area contributed by atoms with E-state index in [1.165, 1.54) is 32.9 Å². The number of fused-ring (bicyclic) bond motifs is 6. The van der Waals surface area contributed by atoms with E-state index in [2.05, 4.69) is 264 Å². The SMILES string of the molecule is c1ccc(-c2cccc(-c3cccc(N(c4ccc(-c5cccc6c5oc5ccccc56)cc4)c4ccccc4-c4ccccc4-c4ccccc4-n4c5ccccc5c5ccccc54)c3)c2)cc1. The van der Waals surface area contributed by atoms with Gasteiger partial charge in [-0.05, 0) is 99.6 Å². The topological polar surface area (TPSA) is 21.3 Å². The van der Waals surface area contributed by atoms with Crippen LogP contribution in [0.3, 0.4) is 0 Å². The molecule has 2 aromatic heterocycles. The molecule has 3 nitrogen and oxygen atoms in total. The molecule has 13 rings (SSSR count). The summed E-state index contributed by atoms with van der Waals surface area (Å²) in [6.45, 7) is 0. The Hall–Kier alpha value is -9.18. The number of nitrogens with zero attached hydrogens (tertiary/aromatic N) is 2. The van der Waals surface area contributed by atoms with E-state index in [-0.39, 0.29) is 0 Å². The number of rotatable bonds is 9. The van der Waals surface area contributed by atoms with E-state index in [0.29, 0.717) is 0 Å². The highest BCUT2D eigenvalue weighted by molar-refractivity contribution is 6.11. The number of furan rings is 1. The van der Waals surface area contributed by atoms with Gasteiger partial charge in [0.25, 0.3) is 0 Å². The average molecular weight is 881 g/mol. The largest absolute Gasteiger partial charge is 0.455 e. The first-order chi connectivity index (χ1) is 34.2. The molecule has 0 unspecified atom stereocenters. The maximum absolute atomic E-state index is 6.52. The predicted octanol–water partition coefficient (Wildman–Crippen LogP) is 18.5. The quantitative estimate of drug-likeness (QED) is 0.144. The molecule has 2 heterocycles. The van der Waals surface area contributed by atoms with Crippen LogP contribution in [0.25, 0.3) is 105 Å². The van der Waals surface area contributed by atoms with E-state index in [1.54, 1.807) is 0 Å². The van der Waals surface area contributed by atoms with Gasteiger partial charge < -0.3 is 13.9 Å². The van der Waals surface area contributed by atoms with Gasteiger partial charge in [0.05, 0.1) is 22.4 Å². The maximum atomic E-state index is 6.52. The van der Waals surface area contributed by atoms with Gasteiger partial charge in [0.2, 0.25) is 0 Å². The highest BCUT2D eigenvalue weighted by Crippen LogP contribution is 2.47. The van der Waals surface area contributed by atoms with Crippen LogP contribution in [0.2, 0.25) is 0 Å². The van der Waals surface area contributed by atoms with Gasteiger partial charge >= 0.3 is 0 Å². The molecule has 0 fully saturated rings. The van der Waals surface area contributed by atoms with Gasteiger partial charge in [0, 0.05) is 49.6 Å². The van der Waals surface area contributed by atoms with Gasteiger partial charge in [-0.15, -0.1) is 0 Å². The number of aromatic nitrogens is 1. The minimum Gasteiger partial charge on any atom is -0.455 e. The third kappa shape index (κ3) is 6.99. The molecule has 0 radical (unpaired) electrons. The Balaban J connectivity index is 0.983. The van der Waals surface area contributed by atoms with E-state index >= 15 is 0 Å². The first-order valence-corrected chi connectivity index (χ1v) is 23.6. The summed E-state index contributed by atoms with van der Waals surface area (Å²) in [6.07, 6.45) is 0. The number of anilines is 3. The van der Waals surface area contributed by atoms with Crippen LogP contribution in [0, 0.1) is 0 Å². The van der Waals surface area contributed by atoms with E-state index in [1.807, 2.05) is 12.1 Å². The summed E-state index contributed by atoms with van der Waals surface area (Å²) in [5.74, 6) is 0. The highest BCUT2D eigenvalue weighted by atomic mass is 16.3. The van der Waals surface area contributed by atoms with Crippen LogP contribution in [-0.4, -0.2) is 4.57 Å². The summed E-state index contributed by atoms with van der Waals surface area (Å²) >= 11 is 0. The second-order valence-electron chi connectivity index (χ2n) is 17.6. The summed E-state index contributed by atoms with van der Waals surface area (Å²) in [5.41, 5.74) is 19.9. The molecule has 13 aromatic rings. The molecule has 324 valence electrons. The van der Waals surface area contributed by atoms with Crippen molar-refractivity contribution in [3.05, 3.63) is 267 Å². The minimum atomic E-state index is 0.895. The smallest absolute Gasteiger partial charge is 0.143 e. The second kappa shape index (κ2) is 16.9. The summed E-state index contributed by atoms with van der Waals surface area (Å²) in [7, 11) is 0. The zero-order valence-electron chi connectivity index (χ0n) is 37.7. The van der Waals surface area contributed by atoms with Crippen molar-refractivity contribution in [3.63, 3.8) is 0 Å².